The highest BCUT2D eigenvalue weighted by Gasteiger charge is 2.34. The van der Waals surface area contributed by atoms with Crippen molar-refractivity contribution in [1.82, 2.24) is 14.9 Å². The molecule has 1 aliphatic heterocycles. The third-order valence-corrected chi connectivity index (χ3v) is 5.70. The molecule has 1 N–H and O–H groups in total. The van der Waals surface area contributed by atoms with Crippen molar-refractivity contribution in [2.75, 3.05) is 11.9 Å². The Bertz CT molecular complexity index is 1010. The van der Waals surface area contributed by atoms with Gasteiger partial charge in [0, 0.05) is 49.4 Å². The highest BCUT2D eigenvalue weighted by atomic mass is 32.1. The molecule has 0 aliphatic carbocycles. The summed E-state index contributed by atoms with van der Waals surface area (Å²) >= 11 is 1.38. The summed E-state index contributed by atoms with van der Waals surface area (Å²) < 4.78 is 13.0. The molecule has 0 unspecified atom stereocenters. The quantitative estimate of drug-likeness (QED) is 0.677. The highest BCUT2D eigenvalue weighted by Crippen LogP contribution is 2.25. The Morgan fingerprint density at radius 3 is 2.69 bits per heavy atom. The fourth-order valence-corrected chi connectivity index (χ4v) is 4.12. The number of nitrogens with zero attached hydrogens (tertiary/aromatic N) is 3. The molecule has 1 aliphatic rings. The van der Waals surface area contributed by atoms with E-state index in [1.165, 1.54) is 23.5 Å². The molecular weight excluding hydrogens is 391 g/mol. The van der Waals surface area contributed by atoms with Gasteiger partial charge in [-0.25, -0.2) is 9.37 Å². The fourth-order valence-electron chi connectivity index (χ4n) is 3.27. The van der Waals surface area contributed by atoms with Gasteiger partial charge in [0.15, 0.2) is 5.13 Å². The van der Waals surface area contributed by atoms with Crippen LogP contribution in [-0.4, -0.2) is 33.2 Å². The Labute approximate surface area is 171 Å². The number of thiazole rings is 1. The number of carbonyl (C=O) groups excluding carboxylic acids is 2. The first-order chi connectivity index (χ1) is 14.1. The van der Waals surface area contributed by atoms with Crippen molar-refractivity contribution in [2.24, 2.45) is 5.92 Å². The third-order valence-electron chi connectivity index (χ3n) is 4.78. The molecule has 148 valence electrons. The zero-order valence-corrected chi connectivity index (χ0v) is 16.4. The van der Waals surface area contributed by atoms with Crippen molar-refractivity contribution >= 4 is 28.3 Å². The van der Waals surface area contributed by atoms with Crippen molar-refractivity contribution in [3.05, 3.63) is 76.8 Å². The summed E-state index contributed by atoms with van der Waals surface area (Å²) in [6.45, 7) is 0.866. The predicted octanol–water partition coefficient (Wildman–Crippen LogP) is 3.26. The van der Waals surface area contributed by atoms with Gasteiger partial charge in [0.2, 0.25) is 11.8 Å². The predicted molar refractivity (Wildman–Crippen MR) is 108 cm³/mol. The molecule has 0 spiro atoms. The molecule has 3 heterocycles. The number of benzene rings is 1. The minimum absolute atomic E-state index is 0.0295. The summed E-state index contributed by atoms with van der Waals surface area (Å²) in [6, 6.07) is 10.0. The molecule has 1 atom stereocenters. The topological polar surface area (TPSA) is 75.2 Å². The molecule has 4 rings (SSSR count). The lowest BCUT2D eigenvalue weighted by Gasteiger charge is -2.16. The summed E-state index contributed by atoms with van der Waals surface area (Å²) in [4.78, 5) is 35.7. The van der Waals surface area contributed by atoms with Gasteiger partial charge < -0.3 is 10.2 Å². The van der Waals surface area contributed by atoms with Crippen LogP contribution in [0.2, 0.25) is 0 Å². The Morgan fingerprint density at radius 1 is 1.17 bits per heavy atom. The maximum Gasteiger partial charge on any atom is 0.231 e. The second-order valence-corrected chi connectivity index (χ2v) is 8.07. The number of hydrogen-bond donors (Lipinski definition) is 1. The average molecular weight is 410 g/mol. The Morgan fingerprint density at radius 2 is 1.93 bits per heavy atom. The zero-order valence-electron chi connectivity index (χ0n) is 15.5. The molecule has 3 aromatic rings. The van der Waals surface area contributed by atoms with Crippen LogP contribution in [0.3, 0.4) is 0 Å². The summed E-state index contributed by atoms with van der Waals surface area (Å²) in [7, 11) is 0. The van der Waals surface area contributed by atoms with Gasteiger partial charge in [0.05, 0.1) is 5.92 Å². The fraction of sp³-hybridized carbons (Fsp3) is 0.238. The Hall–Kier alpha value is -3.13. The molecule has 8 heteroatoms. The van der Waals surface area contributed by atoms with Crippen molar-refractivity contribution < 1.29 is 14.0 Å². The molecule has 6 nitrogen and oxygen atoms in total. The van der Waals surface area contributed by atoms with Crippen LogP contribution in [0.15, 0.2) is 55.0 Å². The Balaban J connectivity index is 1.33. The maximum atomic E-state index is 13.0. The first-order valence-corrected chi connectivity index (χ1v) is 10.0. The summed E-state index contributed by atoms with van der Waals surface area (Å²) in [5, 5.41) is 3.33. The van der Waals surface area contributed by atoms with Crippen molar-refractivity contribution in [1.29, 1.82) is 0 Å². The summed E-state index contributed by atoms with van der Waals surface area (Å²) in [6.07, 6.45) is 5.90. The van der Waals surface area contributed by atoms with E-state index in [0.717, 1.165) is 16.0 Å². The maximum absolute atomic E-state index is 13.0. The van der Waals surface area contributed by atoms with Crippen molar-refractivity contribution in [3.8, 4) is 0 Å². The number of halogens is 1. The van der Waals surface area contributed by atoms with Crippen LogP contribution in [0.5, 0.6) is 0 Å². The van der Waals surface area contributed by atoms with E-state index in [4.69, 9.17) is 0 Å². The van der Waals surface area contributed by atoms with Crippen LogP contribution in [0.25, 0.3) is 0 Å². The molecule has 1 saturated heterocycles. The van der Waals surface area contributed by atoms with Crippen LogP contribution >= 0.6 is 11.3 Å². The van der Waals surface area contributed by atoms with E-state index in [0.29, 0.717) is 24.6 Å². The lowest BCUT2D eigenvalue weighted by molar-refractivity contribution is -0.128. The number of aromatic nitrogens is 2. The van der Waals surface area contributed by atoms with Gasteiger partial charge in [-0.3, -0.25) is 14.6 Å². The standard InChI is InChI=1S/C21H19FN4O2S/c22-17-3-1-14(2-4-17)9-18-11-24-21(29-18)25-20(28)16-10-19(27)26(13-16)12-15-5-7-23-8-6-15/h1-8,11,16H,9-10,12-13H2,(H,24,25,28)/t16-/m1/s1. The normalized spacial score (nSPS) is 16.2. The van der Waals surface area contributed by atoms with E-state index in [-0.39, 0.29) is 24.1 Å². The van der Waals surface area contributed by atoms with Gasteiger partial charge in [-0.1, -0.05) is 12.1 Å². The Kier molecular flexibility index (Phi) is 5.62. The number of likely N-dealkylation sites (tertiary alicyclic amines) is 1. The molecule has 1 fully saturated rings. The van der Waals surface area contributed by atoms with E-state index in [2.05, 4.69) is 15.3 Å². The minimum atomic E-state index is -0.395. The first-order valence-electron chi connectivity index (χ1n) is 9.23. The van der Waals surface area contributed by atoms with E-state index < -0.39 is 5.92 Å². The first kappa shape index (κ1) is 19.2. The van der Waals surface area contributed by atoms with Crippen LogP contribution < -0.4 is 5.32 Å². The van der Waals surface area contributed by atoms with Crippen LogP contribution in [0.4, 0.5) is 9.52 Å². The SMILES string of the molecule is O=C(Nc1ncc(Cc2ccc(F)cc2)s1)[C@@H]1CC(=O)N(Cc2ccncc2)C1. The van der Waals surface area contributed by atoms with Gasteiger partial charge in [0.1, 0.15) is 5.82 Å². The van der Waals surface area contributed by atoms with E-state index >= 15 is 0 Å². The second-order valence-electron chi connectivity index (χ2n) is 6.95. The number of anilines is 1. The number of nitrogens with one attached hydrogen (secondary N) is 1. The van der Waals surface area contributed by atoms with Gasteiger partial charge in [-0.15, -0.1) is 11.3 Å². The molecule has 2 aromatic heterocycles. The molecule has 0 radical (unpaired) electrons. The van der Waals surface area contributed by atoms with Gasteiger partial charge in [-0.2, -0.15) is 0 Å². The lowest BCUT2D eigenvalue weighted by Crippen LogP contribution is -2.28. The second kappa shape index (κ2) is 8.48. The lowest BCUT2D eigenvalue weighted by atomic mass is 10.1. The highest BCUT2D eigenvalue weighted by molar-refractivity contribution is 7.15. The van der Waals surface area contributed by atoms with E-state index in [1.54, 1.807) is 35.6 Å². The molecule has 0 bridgehead atoms. The monoisotopic (exact) mass is 410 g/mol. The van der Waals surface area contributed by atoms with Crippen LogP contribution in [0, 0.1) is 11.7 Å². The number of carbonyl (C=O) groups is 2. The largest absolute Gasteiger partial charge is 0.338 e. The van der Waals surface area contributed by atoms with Crippen molar-refractivity contribution in [3.63, 3.8) is 0 Å². The zero-order chi connectivity index (χ0) is 20.2. The number of rotatable bonds is 6. The molecule has 2 amide bonds. The number of amides is 2. The summed E-state index contributed by atoms with van der Waals surface area (Å²) in [5.41, 5.74) is 1.96. The van der Waals surface area contributed by atoms with Crippen LogP contribution in [-0.2, 0) is 22.6 Å². The molecule has 1 aromatic carbocycles. The van der Waals surface area contributed by atoms with Gasteiger partial charge in [0.25, 0.3) is 0 Å². The molecule has 0 saturated carbocycles. The summed E-state index contributed by atoms with van der Waals surface area (Å²) in [5.74, 6) is -0.889. The van der Waals surface area contributed by atoms with Gasteiger partial charge >= 0.3 is 0 Å². The smallest absolute Gasteiger partial charge is 0.231 e. The average Bonchev–Trinajstić information content (AvgIpc) is 3.31. The van der Waals surface area contributed by atoms with E-state index in [1.807, 2.05) is 12.1 Å². The molecular formula is C21H19FN4O2S. The van der Waals surface area contributed by atoms with Crippen molar-refractivity contribution in [2.45, 2.75) is 19.4 Å². The van der Waals surface area contributed by atoms with Crippen LogP contribution in [0.1, 0.15) is 22.4 Å². The minimum Gasteiger partial charge on any atom is -0.338 e. The van der Waals surface area contributed by atoms with E-state index in [9.17, 15) is 14.0 Å². The molecule has 29 heavy (non-hydrogen) atoms. The number of hydrogen-bond acceptors (Lipinski definition) is 5. The van der Waals surface area contributed by atoms with Gasteiger partial charge in [-0.05, 0) is 35.4 Å². The number of pyridine rings is 1. The third kappa shape index (κ3) is 4.83.